The summed E-state index contributed by atoms with van der Waals surface area (Å²) >= 11 is 11.7. The Hall–Kier alpha value is -2.24. The molecule has 3 N–H and O–H groups in total. The third-order valence-electron chi connectivity index (χ3n) is 2.83. The Morgan fingerprint density at radius 2 is 1.77 bits per heavy atom. The van der Waals surface area contributed by atoms with Crippen molar-refractivity contribution in [2.75, 3.05) is 0 Å². The zero-order valence-electron chi connectivity index (χ0n) is 11.3. The van der Waals surface area contributed by atoms with Crippen molar-refractivity contribution < 1.29 is 14.7 Å². The lowest BCUT2D eigenvalue weighted by Gasteiger charge is -2.09. The fourth-order valence-corrected chi connectivity index (χ4v) is 2.12. The molecule has 0 spiro atoms. The van der Waals surface area contributed by atoms with Gasteiger partial charge in [-0.25, -0.2) is 0 Å². The number of phenols is 1. The molecule has 0 saturated carbocycles. The molecule has 2 rings (SSSR count). The highest BCUT2D eigenvalue weighted by Gasteiger charge is 2.13. The Kier molecular flexibility index (Phi) is 5.25. The first kappa shape index (κ1) is 16.1. The molecule has 5 nitrogen and oxygen atoms in total. The van der Waals surface area contributed by atoms with Crippen molar-refractivity contribution in [2.24, 2.45) is 0 Å². The molecule has 0 aliphatic carbocycles. The maximum absolute atomic E-state index is 11.9. The summed E-state index contributed by atoms with van der Waals surface area (Å²) < 4.78 is 0. The van der Waals surface area contributed by atoms with Gasteiger partial charge >= 0.3 is 0 Å². The molecule has 2 aromatic carbocycles. The van der Waals surface area contributed by atoms with E-state index in [-0.39, 0.29) is 17.7 Å². The topological polar surface area (TPSA) is 78.4 Å². The summed E-state index contributed by atoms with van der Waals surface area (Å²) in [5.74, 6) is -1.35. The van der Waals surface area contributed by atoms with Crippen molar-refractivity contribution in [1.82, 2.24) is 10.9 Å². The molecule has 0 saturated heterocycles. The second kappa shape index (κ2) is 7.15. The lowest BCUT2D eigenvalue weighted by molar-refractivity contribution is -0.121. The predicted molar refractivity (Wildman–Crippen MR) is 83.9 cm³/mol. The van der Waals surface area contributed by atoms with E-state index in [0.29, 0.717) is 15.6 Å². The van der Waals surface area contributed by atoms with E-state index in [1.165, 1.54) is 18.2 Å². The van der Waals surface area contributed by atoms with Gasteiger partial charge in [-0.05, 0) is 29.8 Å². The average Bonchev–Trinajstić information content (AvgIpc) is 2.49. The van der Waals surface area contributed by atoms with Crippen LogP contribution in [0.4, 0.5) is 0 Å². The minimum Gasteiger partial charge on any atom is -0.507 e. The summed E-state index contributed by atoms with van der Waals surface area (Å²) in [6, 6.07) is 10.9. The normalized spacial score (nSPS) is 10.1. The molecule has 114 valence electrons. The van der Waals surface area contributed by atoms with Crippen molar-refractivity contribution in [2.45, 2.75) is 6.42 Å². The highest BCUT2D eigenvalue weighted by molar-refractivity contribution is 6.31. The molecule has 0 aromatic heterocycles. The van der Waals surface area contributed by atoms with E-state index in [4.69, 9.17) is 23.2 Å². The summed E-state index contributed by atoms with van der Waals surface area (Å²) in [5, 5.41) is 10.4. The molecule has 0 radical (unpaired) electrons. The van der Waals surface area contributed by atoms with Crippen LogP contribution in [0.1, 0.15) is 15.9 Å². The molecular weight excluding hydrogens is 327 g/mol. The van der Waals surface area contributed by atoms with Gasteiger partial charge in [-0.15, -0.1) is 0 Å². The molecule has 0 unspecified atom stereocenters. The van der Waals surface area contributed by atoms with Crippen molar-refractivity contribution in [3.05, 3.63) is 63.6 Å². The predicted octanol–water partition coefficient (Wildman–Crippen LogP) is 2.70. The van der Waals surface area contributed by atoms with Crippen molar-refractivity contribution >= 4 is 35.0 Å². The Labute approximate surface area is 136 Å². The zero-order chi connectivity index (χ0) is 16.1. The first-order valence-corrected chi connectivity index (χ1v) is 7.04. The van der Waals surface area contributed by atoms with E-state index in [1.807, 2.05) is 0 Å². The number of carbonyl (C=O) groups excluding carboxylic acids is 2. The van der Waals surface area contributed by atoms with Crippen LogP contribution < -0.4 is 10.9 Å². The van der Waals surface area contributed by atoms with Crippen LogP contribution in [0.3, 0.4) is 0 Å². The van der Waals surface area contributed by atoms with Gasteiger partial charge < -0.3 is 5.11 Å². The first-order valence-electron chi connectivity index (χ1n) is 6.28. The molecule has 0 atom stereocenters. The highest BCUT2D eigenvalue weighted by Crippen LogP contribution is 2.21. The van der Waals surface area contributed by atoms with Crippen molar-refractivity contribution in [3.63, 3.8) is 0 Å². The average molecular weight is 339 g/mol. The third-order valence-corrected chi connectivity index (χ3v) is 3.43. The van der Waals surface area contributed by atoms with Crippen LogP contribution in [0.15, 0.2) is 42.5 Å². The molecule has 22 heavy (non-hydrogen) atoms. The quantitative estimate of drug-likeness (QED) is 0.753. The van der Waals surface area contributed by atoms with E-state index < -0.39 is 11.8 Å². The van der Waals surface area contributed by atoms with Crippen LogP contribution >= 0.6 is 23.2 Å². The van der Waals surface area contributed by atoms with Gasteiger partial charge in [0, 0.05) is 10.0 Å². The minimum absolute atomic E-state index is 0.0154. The van der Waals surface area contributed by atoms with Gasteiger partial charge in [-0.3, -0.25) is 20.4 Å². The number of amides is 2. The molecule has 2 aromatic rings. The molecule has 7 heteroatoms. The molecule has 0 bridgehead atoms. The van der Waals surface area contributed by atoms with E-state index in [0.717, 1.165) is 0 Å². The van der Waals surface area contributed by atoms with Crippen LogP contribution in [0.2, 0.25) is 10.0 Å². The summed E-state index contributed by atoms with van der Waals surface area (Å²) in [6.45, 7) is 0. The van der Waals surface area contributed by atoms with Gasteiger partial charge in [0.25, 0.3) is 5.91 Å². The monoisotopic (exact) mass is 338 g/mol. The van der Waals surface area contributed by atoms with E-state index in [2.05, 4.69) is 10.9 Å². The lowest BCUT2D eigenvalue weighted by atomic mass is 10.1. The number of benzene rings is 2. The van der Waals surface area contributed by atoms with Crippen LogP contribution in [0, 0.1) is 0 Å². The number of aromatic hydroxyl groups is 1. The number of phenolic OH excluding ortho intramolecular Hbond substituents is 1. The van der Waals surface area contributed by atoms with Crippen LogP contribution in [0.5, 0.6) is 5.75 Å². The lowest BCUT2D eigenvalue weighted by Crippen LogP contribution is -2.42. The maximum Gasteiger partial charge on any atom is 0.273 e. The molecule has 2 amide bonds. The zero-order valence-corrected chi connectivity index (χ0v) is 12.8. The number of hydrazine groups is 1. The Balaban J connectivity index is 1.95. The fourth-order valence-electron chi connectivity index (χ4n) is 1.74. The fraction of sp³-hybridized carbons (Fsp3) is 0.0667. The number of halogens is 2. The summed E-state index contributed by atoms with van der Waals surface area (Å²) in [5.41, 5.74) is 5.06. The number of hydrogen-bond donors (Lipinski definition) is 3. The second-order valence-electron chi connectivity index (χ2n) is 4.43. The van der Waals surface area contributed by atoms with Gasteiger partial charge in [0.15, 0.2) is 0 Å². The first-order chi connectivity index (χ1) is 10.5. The van der Waals surface area contributed by atoms with E-state index in [9.17, 15) is 14.7 Å². The smallest absolute Gasteiger partial charge is 0.273 e. The SMILES string of the molecule is O=C(Cc1ccccc1Cl)NNC(=O)c1cc(Cl)ccc1O. The summed E-state index contributed by atoms with van der Waals surface area (Å²) in [6.07, 6.45) is 0.0154. The van der Waals surface area contributed by atoms with Crippen molar-refractivity contribution in [3.8, 4) is 5.75 Å². The Morgan fingerprint density at radius 1 is 1.05 bits per heavy atom. The number of rotatable bonds is 3. The van der Waals surface area contributed by atoms with Gasteiger partial charge in [-0.2, -0.15) is 0 Å². The molecular formula is C15H12Cl2N2O3. The van der Waals surface area contributed by atoms with Crippen LogP contribution in [-0.4, -0.2) is 16.9 Å². The summed E-state index contributed by atoms with van der Waals surface area (Å²) in [4.78, 5) is 23.7. The van der Waals surface area contributed by atoms with E-state index in [1.54, 1.807) is 24.3 Å². The Morgan fingerprint density at radius 3 is 2.50 bits per heavy atom. The van der Waals surface area contributed by atoms with Crippen molar-refractivity contribution in [1.29, 1.82) is 0 Å². The number of carbonyl (C=O) groups is 2. The molecule has 0 aliphatic heterocycles. The van der Waals surface area contributed by atoms with Crippen LogP contribution in [-0.2, 0) is 11.2 Å². The van der Waals surface area contributed by atoms with E-state index >= 15 is 0 Å². The van der Waals surface area contributed by atoms with Crippen LogP contribution in [0.25, 0.3) is 0 Å². The second-order valence-corrected chi connectivity index (χ2v) is 5.28. The minimum atomic E-state index is -0.674. The molecule has 0 fully saturated rings. The van der Waals surface area contributed by atoms with Gasteiger partial charge in [-0.1, -0.05) is 41.4 Å². The maximum atomic E-state index is 11.9. The molecule has 0 aliphatic rings. The van der Waals surface area contributed by atoms with Gasteiger partial charge in [0.1, 0.15) is 5.75 Å². The van der Waals surface area contributed by atoms with Gasteiger partial charge in [0.05, 0.1) is 12.0 Å². The van der Waals surface area contributed by atoms with Gasteiger partial charge in [0.2, 0.25) is 5.91 Å². The number of nitrogens with one attached hydrogen (secondary N) is 2. The summed E-state index contributed by atoms with van der Waals surface area (Å²) in [7, 11) is 0. The highest BCUT2D eigenvalue weighted by atomic mass is 35.5. The largest absolute Gasteiger partial charge is 0.507 e. The third kappa shape index (κ3) is 4.13. The number of hydrogen-bond acceptors (Lipinski definition) is 3. The standard InChI is InChI=1S/C15H12Cl2N2O3/c16-10-5-6-13(20)11(8-10)15(22)19-18-14(21)7-9-3-1-2-4-12(9)17/h1-6,8,20H,7H2,(H,18,21)(H,19,22). The Bertz CT molecular complexity index is 720. The molecule has 0 heterocycles.